The monoisotopic (exact) mass is 613 g/mol. The lowest BCUT2D eigenvalue weighted by molar-refractivity contribution is -0.143. The van der Waals surface area contributed by atoms with Gasteiger partial charge in [-0.2, -0.15) is 0 Å². The summed E-state index contributed by atoms with van der Waals surface area (Å²) in [4.78, 5) is 64.0. The maximum absolute atomic E-state index is 15.3. The Bertz CT molecular complexity index is 1500. The smallest absolute Gasteiger partial charge is 0.414 e. The zero-order valence-electron chi connectivity index (χ0n) is 24.4. The Kier molecular flexibility index (Phi) is 9.20. The molecule has 2 saturated heterocycles. The van der Waals surface area contributed by atoms with E-state index in [2.05, 4.69) is 9.97 Å². The molecule has 0 radical (unpaired) electrons. The molecule has 0 spiro atoms. The van der Waals surface area contributed by atoms with Crippen molar-refractivity contribution in [2.75, 3.05) is 62.2 Å². The second-order valence-electron chi connectivity index (χ2n) is 10.4. The Balaban J connectivity index is 1.17. The third-order valence-corrected chi connectivity index (χ3v) is 7.56. The van der Waals surface area contributed by atoms with Crippen LogP contribution in [-0.2, 0) is 19.1 Å². The van der Waals surface area contributed by atoms with Gasteiger partial charge < -0.3 is 24.2 Å². The maximum Gasteiger partial charge on any atom is 0.414 e. The lowest BCUT2D eigenvalue weighted by atomic mass is 10.1. The Morgan fingerprint density at radius 2 is 1.84 bits per heavy atom. The molecule has 0 unspecified atom stereocenters. The summed E-state index contributed by atoms with van der Waals surface area (Å²) < 4.78 is 42.3. The molecule has 0 N–H and O–H groups in total. The summed E-state index contributed by atoms with van der Waals surface area (Å²) in [6, 6.07) is 3.86. The first-order chi connectivity index (χ1) is 21.2. The average molecular weight is 614 g/mol. The fourth-order valence-corrected chi connectivity index (χ4v) is 5.27. The number of esters is 1. The number of ether oxygens (including phenoxy) is 2. The Morgan fingerprint density at radius 1 is 1.11 bits per heavy atom. The van der Waals surface area contributed by atoms with Crippen molar-refractivity contribution in [1.82, 2.24) is 24.2 Å². The minimum atomic E-state index is -0.854. The highest BCUT2D eigenvalue weighted by molar-refractivity contribution is 5.95. The summed E-state index contributed by atoms with van der Waals surface area (Å²) in [6.45, 7) is 4.58. The van der Waals surface area contributed by atoms with Crippen molar-refractivity contribution in [3.63, 3.8) is 0 Å². The van der Waals surface area contributed by atoms with Crippen LogP contribution in [0.1, 0.15) is 37.2 Å². The van der Waals surface area contributed by atoms with Crippen molar-refractivity contribution in [1.29, 1.82) is 0 Å². The van der Waals surface area contributed by atoms with Crippen LogP contribution in [0.15, 0.2) is 36.8 Å². The number of carbonyl (C=O) groups is 4. The van der Waals surface area contributed by atoms with Crippen LogP contribution in [0, 0.1) is 11.6 Å². The van der Waals surface area contributed by atoms with Crippen LogP contribution in [0.3, 0.4) is 0 Å². The van der Waals surface area contributed by atoms with E-state index < -0.39 is 35.7 Å². The van der Waals surface area contributed by atoms with E-state index in [1.807, 2.05) is 0 Å². The van der Waals surface area contributed by atoms with Crippen LogP contribution < -0.4 is 9.80 Å². The van der Waals surface area contributed by atoms with Crippen molar-refractivity contribution < 1.29 is 37.4 Å². The van der Waals surface area contributed by atoms with Crippen LogP contribution >= 0.6 is 0 Å². The molecule has 15 heteroatoms. The number of piperazine rings is 1. The van der Waals surface area contributed by atoms with Gasteiger partial charge in [0.2, 0.25) is 11.7 Å². The normalized spacial score (nSPS) is 16.8. The molecule has 2 aromatic heterocycles. The standard InChI is InChI=1S/C29H33F2N7O6/c1-3-34(27(41)23-17-37-9-5-8-32-28(37)33-23)18-24(39)35-10-12-36(13-11-35)26-21(30)14-19(15-22(26)31)38-16-20(44-29(38)42)6-7-25(40)43-4-2/h5,8-9,14-15,17,20H,3-4,6-7,10-13,16,18H2,1-2H3/t20-/m0/s1. The van der Waals surface area contributed by atoms with Crippen LogP contribution in [-0.4, -0.2) is 107 Å². The molecule has 0 aliphatic carbocycles. The lowest BCUT2D eigenvalue weighted by Gasteiger charge is -2.37. The molecule has 2 aliphatic rings. The highest BCUT2D eigenvalue weighted by Gasteiger charge is 2.34. The number of benzene rings is 1. The predicted molar refractivity (Wildman–Crippen MR) is 153 cm³/mol. The predicted octanol–water partition coefficient (Wildman–Crippen LogP) is 2.49. The lowest BCUT2D eigenvalue weighted by Crippen LogP contribution is -2.52. The maximum atomic E-state index is 15.3. The van der Waals surface area contributed by atoms with Gasteiger partial charge in [0.25, 0.3) is 5.91 Å². The number of halogens is 2. The number of nitrogens with zero attached hydrogens (tertiary/aromatic N) is 7. The van der Waals surface area contributed by atoms with Crippen LogP contribution in [0.2, 0.25) is 0 Å². The van der Waals surface area contributed by atoms with E-state index >= 15 is 8.78 Å². The Morgan fingerprint density at radius 3 is 2.50 bits per heavy atom. The molecular weight excluding hydrogens is 580 g/mol. The first-order valence-corrected chi connectivity index (χ1v) is 14.4. The summed E-state index contributed by atoms with van der Waals surface area (Å²) in [5.41, 5.74) is -0.0723. The number of hydrogen-bond donors (Lipinski definition) is 0. The molecule has 2 aliphatic heterocycles. The summed E-state index contributed by atoms with van der Waals surface area (Å²) in [6.07, 6.45) is 3.77. The van der Waals surface area contributed by atoms with Gasteiger partial charge >= 0.3 is 12.1 Å². The van der Waals surface area contributed by atoms with E-state index in [1.54, 1.807) is 47.8 Å². The van der Waals surface area contributed by atoms with Crippen molar-refractivity contribution in [3.05, 3.63) is 54.1 Å². The molecule has 0 bridgehead atoms. The number of rotatable bonds is 10. The number of fused-ring (bicyclic) bond motifs is 1. The quantitative estimate of drug-likeness (QED) is 0.317. The molecular formula is C29H33F2N7O6. The van der Waals surface area contributed by atoms with Crippen molar-refractivity contribution in [3.8, 4) is 0 Å². The highest BCUT2D eigenvalue weighted by atomic mass is 19.1. The molecule has 44 heavy (non-hydrogen) atoms. The summed E-state index contributed by atoms with van der Waals surface area (Å²) >= 11 is 0. The second kappa shape index (κ2) is 13.2. The molecule has 234 valence electrons. The molecule has 1 atom stereocenters. The van der Waals surface area contributed by atoms with E-state index in [-0.39, 0.29) is 88.2 Å². The zero-order chi connectivity index (χ0) is 31.4. The Labute approximate surface area is 251 Å². The SMILES string of the molecule is CCOC(=O)CC[C@H]1CN(c2cc(F)c(N3CCN(C(=O)CN(CC)C(=O)c4cn5cccnc5n4)CC3)c(F)c2)C(=O)O1. The van der Waals surface area contributed by atoms with Crippen molar-refractivity contribution in [2.24, 2.45) is 0 Å². The third-order valence-electron chi connectivity index (χ3n) is 7.56. The summed E-state index contributed by atoms with van der Waals surface area (Å²) in [5.74, 6) is -2.44. The highest BCUT2D eigenvalue weighted by Crippen LogP contribution is 2.32. The Hall–Kier alpha value is -4.82. The minimum absolute atomic E-state index is 0.00640. The number of aromatic nitrogens is 3. The molecule has 5 rings (SSSR count). The van der Waals surface area contributed by atoms with Gasteiger partial charge in [-0.05, 0) is 26.3 Å². The number of imidazole rings is 1. The van der Waals surface area contributed by atoms with E-state index in [0.29, 0.717) is 5.78 Å². The van der Waals surface area contributed by atoms with Gasteiger partial charge in [0.05, 0.1) is 18.8 Å². The van der Waals surface area contributed by atoms with Gasteiger partial charge in [0.1, 0.15) is 24.0 Å². The van der Waals surface area contributed by atoms with Crippen LogP contribution in [0.4, 0.5) is 25.0 Å². The molecule has 3 amide bonds. The molecule has 13 nitrogen and oxygen atoms in total. The molecule has 0 saturated carbocycles. The van der Waals surface area contributed by atoms with Crippen LogP contribution in [0.5, 0.6) is 0 Å². The fraction of sp³-hybridized carbons (Fsp3) is 0.448. The van der Waals surface area contributed by atoms with E-state index in [0.717, 1.165) is 17.0 Å². The van der Waals surface area contributed by atoms with Gasteiger partial charge in [-0.25, -0.2) is 23.5 Å². The first-order valence-electron chi connectivity index (χ1n) is 14.4. The van der Waals surface area contributed by atoms with Gasteiger partial charge in [0, 0.05) is 69.9 Å². The molecule has 4 heterocycles. The fourth-order valence-electron chi connectivity index (χ4n) is 5.27. The van der Waals surface area contributed by atoms with Gasteiger partial charge in [-0.3, -0.25) is 23.7 Å². The topological polar surface area (TPSA) is 130 Å². The largest absolute Gasteiger partial charge is 0.466 e. The minimum Gasteiger partial charge on any atom is -0.466 e. The second-order valence-corrected chi connectivity index (χ2v) is 10.4. The van der Waals surface area contributed by atoms with Crippen LogP contribution in [0.25, 0.3) is 5.78 Å². The number of amides is 3. The third kappa shape index (κ3) is 6.55. The summed E-state index contributed by atoms with van der Waals surface area (Å²) in [7, 11) is 0. The average Bonchev–Trinajstić information content (AvgIpc) is 3.62. The van der Waals surface area contributed by atoms with E-state index in [1.165, 1.54) is 9.80 Å². The summed E-state index contributed by atoms with van der Waals surface area (Å²) in [5, 5.41) is 0. The molecule has 1 aromatic carbocycles. The van der Waals surface area contributed by atoms with E-state index in [4.69, 9.17) is 9.47 Å². The van der Waals surface area contributed by atoms with Gasteiger partial charge in [-0.15, -0.1) is 0 Å². The number of carbonyl (C=O) groups excluding carboxylic acids is 4. The zero-order valence-corrected chi connectivity index (χ0v) is 24.4. The van der Waals surface area contributed by atoms with E-state index in [9.17, 15) is 19.2 Å². The number of likely N-dealkylation sites (N-methyl/N-ethyl adjacent to an activating group) is 1. The van der Waals surface area contributed by atoms with Gasteiger partial charge in [-0.1, -0.05) is 0 Å². The van der Waals surface area contributed by atoms with Gasteiger partial charge in [0.15, 0.2) is 11.6 Å². The number of hydrogen-bond acceptors (Lipinski definition) is 9. The molecule has 3 aromatic rings. The first kappa shape index (κ1) is 30.6. The van der Waals surface area contributed by atoms with Crippen molar-refractivity contribution >= 4 is 41.0 Å². The number of cyclic esters (lactones) is 1. The number of anilines is 2. The van der Waals surface area contributed by atoms with Crippen molar-refractivity contribution in [2.45, 2.75) is 32.8 Å². The molecule has 2 fully saturated rings.